The van der Waals surface area contributed by atoms with Gasteiger partial charge >= 0.3 is 6.18 Å². The minimum Gasteiger partial charge on any atom is -0.478 e. The summed E-state index contributed by atoms with van der Waals surface area (Å²) in [6.45, 7) is 4.59. The average molecular weight is 621 g/mol. The summed E-state index contributed by atoms with van der Waals surface area (Å²) in [5, 5.41) is 4.86. The second-order valence-corrected chi connectivity index (χ2v) is 13.1. The lowest BCUT2D eigenvalue weighted by Crippen LogP contribution is -2.70. The molecule has 5 rings (SSSR count). The Bertz CT molecular complexity index is 1430. The topological polar surface area (TPSA) is 187 Å². The lowest BCUT2D eigenvalue weighted by atomic mass is 9.65. The number of alkyl halides is 3. The third kappa shape index (κ3) is 5.25. The van der Waals surface area contributed by atoms with Crippen LogP contribution in [-0.4, -0.2) is 69.8 Å². The molecule has 44 heavy (non-hydrogen) atoms. The fourth-order valence-electron chi connectivity index (χ4n) is 7.61. The van der Waals surface area contributed by atoms with Gasteiger partial charge in [0.2, 0.25) is 23.6 Å². The molecule has 8 atom stereocenters. The Balaban J connectivity index is 1.58. The minimum absolute atomic E-state index is 0.0587. The van der Waals surface area contributed by atoms with Crippen LogP contribution in [0.25, 0.3) is 0 Å². The molecular weight excluding hydrogens is 585 g/mol. The Morgan fingerprint density at radius 3 is 2.48 bits per heavy atom. The van der Waals surface area contributed by atoms with E-state index in [0.717, 1.165) is 4.90 Å². The number of aromatic nitrogens is 1. The number of fused-ring (bicyclic) bond motifs is 6. The maximum absolute atomic E-state index is 14.5. The van der Waals surface area contributed by atoms with Gasteiger partial charge in [0.25, 0.3) is 5.91 Å². The van der Waals surface area contributed by atoms with Crippen LogP contribution in [-0.2, 0) is 24.0 Å². The number of likely N-dealkylation sites (tertiary alicyclic amines) is 1. The zero-order valence-corrected chi connectivity index (χ0v) is 24.4. The van der Waals surface area contributed by atoms with Gasteiger partial charge in [-0.3, -0.25) is 29.0 Å². The number of pyridine rings is 1. The number of anilines is 1. The molecule has 2 aliphatic heterocycles. The fourth-order valence-corrected chi connectivity index (χ4v) is 7.61. The van der Waals surface area contributed by atoms with Gasteiger partial charge in [-0.2, -0.15) is 13.2 Å². The molecule has 6 N–H and O–H groups in total. The normalized spacial score (nSPS) is 30.1. The predicted molar refractivity (Wildman–Crippen MR) is 148 cm³/mol. The summed E-state index contributed by atoms with van der Waals surface area (Å²) in [6.07, 6.45) is -1.06. The number of ether oxygens (including phenoxy) is 1. The van der Waals surface area contributed by atoms with Crippen LogP contribution in [0.1, 0.15) is 40.0 Å². The molecule has 0 spiro atoms. The first-order valence-electron chi connectivity index (χ1n) is 14.3. The van der Waals surface area contributed by atoms with E-state index in [1.54, 1.807) is 20.8 Å². The summed E-state index contributed by atoms with van der Waals surface area (Å²) in [5.41, 5.74) is 9.21. The van der Waals surface area contributed by atoms with Crippen molar-refractivity contribution in [2.24, 2.45) is 46.5 Å². The molecule has 2 aliphatic carbocycles. The summed E-state index contributed by atoms with van der Waals surface area (Å²) in [6, 6.07) is -0.0208. The molecular formula is C29H35F3N6O6. The third-order valence-corrected chi connectivity index (χ3v) is 9.34. The molecule has 1 saturated heterocycles. The molecule has 5 amide bonds. The van der Waals surface area contributed by atoms with Gasteiger partial charge in [0, 0.05) is 31.1 Å². The second kappa shape index (κ2) is 10.8. The SMILES string of the molecule is CC(C)(C)[C@H](NC(=O)CC(F)(F)F)C(=O)N1CC2C3C=CC(C3)C2C1(C(N)=O)[C@H](C[C@@H]1Oc2ccncc2NC1=O)C(N)=O. The van der Waals surface area contributed by atoms with Gasteiger partial charge in [0.15, 0.2) is 6.10 Å². The Morgan fingerprint density at radius 2 is 1.86 bits per heavy atom. The van der Waals surface area contributed by atoms with E-state index < -0.39 is 83.5 Å². The van der Waals surface area contributed by atoms with Crippen LogP contribution >= 0.6 is 0 Å². The number of nitrogens with one attached hydrogen (secondary N) is 2. The highest BCUT2D eigenvalue weighted by molar-refractivity contribution is 6.01. The van der Waals surface area contributed by atoms with Crippen molar-refractivity contribution in [2.45, 2.75) is 63.9 Å². The van der Waals surface area contributed by atoms with E-state index in [0.29, 0.717) is 12.1 Å². The Morgan fingerprint density at radius 1 is 1.18 bits per heavy atom. The molecule has 2 fully saturated rings. The summed E-state index contributed by atoms with van der Waals surface area (Å²) in [5.74, 6) is -7.59. The summed E-state index contributed by atoms with van der Waals surface area (Å²) >= 11 is 0. The molecule has 0 aromatic carbocycles. The maximum Gasteiger partial charge on any atom is 0.397 e. The van der Waals surface area contributed by atoms with Crippen molar-refractivity contribution in [1.82, 2.24) is 15.2 Å². The monoisotopic (exact) mass is 620 g/mol. The minimum atomic E-state index is -4.83. The van der Waals surface area contributed by atoms with Gasteiger partial charge < -0.3 is 31.7 Å². The zero-order chi connectivity index (χ0) is 32.4. The smallest absolute Gasteiger partial charge is 0.397 e. The number of carbonyl (C=O) groups excluding carboxylic acids is 5. The first-order chi connectivity index (χ1) is 20.4. The van der Waals surface area contributed by atoms with Crippen LogP contribution in [0.4, 0.5) is 18.9 Å². The van der Waals surface area contributed by atoms with E-state index >= 15 is 0 Å². The fraction of sp³-hybridized carbons (Fsp3) is 0.586. The highest BCUT2D eigenvalue weighted by atomic mass is 19.4. The number of amides is 5. The molecule has 5 unspecified atom stereocenters. The maximum atomic E-state index is 14.5. The third-order valence-electron chi connectivity index (χ3n) is 9.34. The molecule has 2 bridgehead atoms. The quantitative estimate of drug-likeness (QED) is 0.315. The lowest BCUT2D eigenvalue weighted by Gasteiger charge is -2.48. The van der Waals surface area contributed by atoms with Crippen molar-refractivity contribution in [1.29, 1.82) is 0 Å². The van der Waals surface area contributed by atoms with E-state index in [-0.39, 0.29) is 30.0 Å². The van der Waals surface area contributed by atoms with Gasteiger partial charge in [0.05, 0.1) is 12.1 Å². The van der Waals surface area contributed by atoms with Crippen molar-refractivity contribution < 1.29 is 41.9 Å². The van der Waals surface area contributed by atoms with Crippen LogP contribution in [0.2, 0.25) is 0 Å². The number of hydrogen-bond donors (Lipinski definition) is 4. The average Bonchev–Trinajstić information content (AvgIpc) is 3.60. The second-order valence-electron chi connectivity index (χ2n) is 13.1. The number of nitrogens with two attached hydrogens (primary N) is 2. The van der Waals surface area contributed by atoms with Gasteiger partial charge in [-0.1, -0.05) is 32.9 Å². The van der Waals surface area contributed by atoms with Gasteiger partial charge in [-0.05, 0) is 29.6 Å². The van der Waals surface area contributed by atoms with Crippen LogP contribution in [0, 0.1) is 35.0 Å². The summed E-state index contributed by atoms with van der Waals surface area (Å²) in [4.78, 5) is 72.2. The molecule has 238 valence electrons. The lowest BCUT2D eigenvalue weighted by molar-refractivity contribution is -0.162. The van der Waals surface area contributed by atoms with Crippen molar-refractivity contribution in [3.05, 3.63) is 30.6 Å². The van der Waals surface area contributed by atoms with Crippen LogP contribution in [0.5, 0.6) is 5.75 Å². The highest BCUT2D eigenvalue weighted by Crippen LogP contribution is 2.60. The molecule has 1 saturated carbocycles. The Hall–Kier alpha value is -4.17. The van der Waals surface area contributed by atoms with Gasteiger partial charge in [-0.15, -0.1) is 0 Å². The molecule has 15 heteroatoms. The number of allylic oxidation sites excluding steroid dienone is 2. The number of hydrogen-bond acceptors (Lipinski definition) is 7. The van der Waals surface area contributed by atoms with E-state index in [1.807, 2.05) is 12.2 Å². The molecule has 0 radical (unpaired) electrons. The molecule has 1 aromatic heterocycles. The highest BCUT2D eigenvalue weighted by Gasteiger charge is 2.70. The molecule has 4 aliphatic rings. The number of rotatable bonds is 8. The largest absolute Gasteiger partial charge is 0.478 e. The number of nitrogens with zero attached hydrogens (tertiary/aromatic N) is 2. The number of carbonyl (C=O) groups is 5. The van der Waals surface area contributed by atoms with Crippen molar-refractivity contribution in [3.8, 4) is 5.75 Å². The Labute approximate surface area is 251 Å². The number of halogens is 3. The first kappa shape index (κ1) is 31.3. The predicted octanol–water partition coefficient (Wildman–Crippen LogP) is 1.26. The summed E-state index contributed by atoms with van der Waals surface area (Å²) < 4.78 is 45.0. The van der Waals surface area contributed by atoms with Crippen molar-refractivity contribution >= 4 is 35.2 Å². The standard InChI is InChI=1S/C29H35F3N6O6/c1-27(2,3)22(37-20(39)10-28(30,31)32)25(42)38-12-15-13-4-5-14(8-13)21(15)29(38,26(34)43)16(23(33)40)9-19-24(41)36-17-11-35-7-6-18(17)44-19/h4-7,11,13-16,19,21-22H,8-10,12H2,1-3H3,(H2,33,40)(H2,34,43)(H,36,41)(H,37,39)/t13?,14?,15?,16-,19+,21?,22-,29?/m1/s1. The van der Waals surface area contributed by atoms with E-state index in [2.05, 4.69) is 15.6 Å². The van der Waals surface area contributed by atoms with Crippen LogP contribution in [0.15, 0.2) is 30.6 Å². The van der Waals surface area contributed by atoms with E-state index in [9.17, 15) is 37.1 Å². The Kier molecular flexibility index (Phi) is 7.65. The van der Waals surface area contributed by atoms with Gasteiger partial charge in [-0.25, -0.2) is 0 Å². The molecule has 12 nitrogen and oxygen atoms in total. The van der Waals surface area contributed by atoms with E-state index in [1.165, 1.54) is 18.5 Å². The zero-order valence-electron chi connectivity index (χ0n) is 24.4. The number of primary amides is 2. The van der Waals surface area contributed by atoms with Gasteiger partial charge in [0.1, 0.15) is 29.4 Å². The van der Waals surface area contributed by atoms with Crippen molar-refractivity contribution in [3.63, 3.8) is 0 Å². The van der Waals surface area contributed by atoms with Crippen LogP contribution < -0.4 is 26.8 Å². The first-order valence-corrected chi connectivity index (χ1v) is 14.3. The van der Waals surface area contributed by atoms with E-state index in [4.69, 9.17) is 16.2 Å². The molecule has 1 aromatic rings. The van der Waals surface area contributed by atoms with Crippen molar-refractivity contribution in [2.75, 3.05) is 11.9 Å². The van der Waals surface area contributed by atoms with Crippen LogP contribution in [0.3, 0.4) is 0 Å². The molecule has 3 heterocycles. The summed E-state index contributed by atoms with van der Waals surface area (Å²) in [7, 11) is 0.